The van der Waals surface area contributed by atoms with E-state index < -0.39 is 0 Å². The molecule has 2 N–H and O–H groups in total. The molecule has 2 nitrogen and oxygen atoms in total. The van der Waals surface area contributed by atoms with Gasteiger partial charge in [0.05, 0.1) is 11.1 Å². The van der Waals surface area contributed by atoms with Gasteiger partial charge in [-0.2, -0.15) is 0 Å². The van der Waals surface area contributed by atoms with Crippen LogP contribution < -0.4 is 10.5 Å². The summed E-state index contributed by atoms with van der Waals surface area (Å²) in [6.45, 7) is 1.53. The predicted molar refractivity (Wildman–Crippen MR) is 82.5 cm³/mol. The van der Waals surface area contributed by atoms with Crippen molar-refractivity contribution in [3.05, 3.63) is 40.9 Å². The molecule has 0 saturated heterocycles. The van der Waals surface area contributed by atoms with E-state index in [9.17, 15) is 0 Å². The maximum absolute atomic E-state index is 6.02. The van der Waals surface area contributed by atoms with Crippen LogP contribution in [0.25, 0.3) is 10.8 Å². The van der Waals surface area contributed by atoms with E-state index in [2.05, 4.69) is 40.2 Å². The largest absolute Gasteiger partial charge is 0.492 e. The summed E-state index contributed by atoms with van der Waals surface area (Å²) in [5, 5.41) is 2.42. The molecule has 0 aliphatic heterocycles. The molecule has 3 rings (SSSR count). The van der Waals surface area contributed by atoms with Crippen molar-refractivity contribution in [2.75, 3.05) is 13.2 Å². The second-order valence-electron chi connectivity index (χ2n) is 5.43. The van der Waals surface area contributed by atoms with E-state index in [1.807, 2.05) is 12.1 Å². The lowest BCUT2D eigenvalue weighted by molar-refractivity contribution is 0.226. The first-order chi connectivity index (χ1) is 9.24. The molecule has 1 saturated carbocycles. The molecular weight excluding hydrogens is 302 g/mol. The minimum absolute atomic E-state index is 0.347. The number of halogens is 1. The summed E-state index contributed by atoms with van der Waals surface area (Å²) in [4.78, 5) is 0. The molecule has 0 unspecified atom stereocenters. The highest BCUT2D eigenvalue weighted by atomic mass is 79.9. The van der Waals surface area contributed by atoms with Crippen molar-refractivity contribution >= 4 is 26.7 Å². The van der Waals surface area contributed by atoms with Gasteiger partial charge < -0.3 is 10.5 Å². The molecule has 2 aromatic rings. The Balaban J connectivity index is 1.80. The highest BCUT2D eigenvalue weighted by Gasteiger charge is 2.42. The van der Waals surface area contributed by atoms with Crippen LogP contribution in [0.4, 0.5) is 0 Å². The topological polar surface area (TPSA) is 35.2 Å². The van der Waals surface area contributed by atoms with Crippen molar-refractivity contribution in [2.45, 2.75) is 19.3 Å². The van der Waals surface area contributed by atoms with E-state index in [-0.39, 0.29) is 0 Å². The third-order valence-corrected chi connectivity index (χ3v) is 4.81. The summed E-state index contributed by atoms with van der Waals surface area (Å²) in [6.07, 6.45) is 3.56. The molecule has 0 atom stereocenters. The zero-order chi connectivity index (χ0) is 13.3. The first-order valence-corrected chi connectivity index (χ1v) is 7.54. The van der Waals surface area contributed by atoms with Crippen LogP contribution >= 0.6 is 15.9 Å². The van der Waals surface area contributed by atoms with E-state index in [0.29, 0.717) is 5.41 Å². The number of ether oxygens (including phenoxy) is 1. The molecule has 100 valence electrons. The highest BCUT2D eigenvalue weighted by Crippen LogP contribution is 2.49. The summed E-state index contributed by atoms with van der Waals surface area (Å²) in [5.74, 6) is 0.932. The lowest BCUT2D eigenvalue weighted by atomic mass is 10.0. The van der Waals surface area contributed by atoms with E-state index in [4.69, 9.17) is 10.5 Å². The lowest BCUT2D eigenvalue weighted by Gasteiger charge is -2.16. The summed E-state index contributed by atoms with van der Waals surface area (Å²) in [6, 6.07) is 12.5. The second kappa shape index (κ2) is 5.14. The molecule has 1 aliphatic carbocycles. The van der Waals surface area contributed by atoms with Gasteiger partial charge in [-0.3, -0.25) is 0 Å². The fourth-order valence-electron chi connectivity index (χ4n) is 2.51. The van der Waals surface area contributed by atoms with E-state index >= 15 is 0 Å². The molecule has 0 radical (unpaired) electrons. The van der Waals surface area contributed by atoms with Crippen molar-refractivity contribution in [2.24, 2.45) is 11.1 Å². The molecular formula is C16H18BrNO. The lowest BCUT2D eigenvalue weighted by Crippen LogP contribution is -2.17. The summed E-state index contributed by atoms with van der Waals surface area (Å²) < 4.78 is 7.07. The molecule has 3 heteroatoms. The zero-order valence-corrected chi connectivity index (χ0v) is 12.4. The minimum atomic E-state index is 0.347. The molecule has 19 heavy (non-hydrogen) atoms. The first-order valence-electron chi connectivity index (χ1n) is 6.74. The van der Waals surface area contributed by atoms with Crippen LogP contribution in [0.2, 0.25) is 0 Å². The van der Waals surface area contributed by atoms with Gasteiger partial charge in [0.2, 0.25) is 0 Å². The van der Waals surface area contributed by atoms with Gasteiger partial charge in [-0.25, -0.2) is 0 Å². The van der Waals surface area contributed by atoms with Gasteiger partial charge in [0.15, 0.2) is 0 Å². The Morgan fingerprint density at radius 3 is 2.68 bits per heavy atom. The Morgan fingerprint density at radius 1 is 1.16 bits per heavy atom. The van der Waals surface area contributed by atoms with Gasteiger partial charge in [-0.15, -0.1) is 0 Å². The Kier molecular flexibility index (Phi) is 3.50. The van der Waals surface area contributed by atoms with E-state index in [0.717, 1.165) is 29.8 Å². The Hall–Kier alpha value is -1.06. The number of hydrogen-bond donors (Lipinski definition) is 1. The second-order valence-corrected chi connectivity index (χ2v) is 6.22. The summed E-state index contributed by atoms with van der Waals surface area (Å²) in [5.41, 5.74) is 6.01. The van der Waals surface area contributed by atoms with Crippen LogP contribution in [0.15, 0.2) is 40.9 Å². The van der Waals surface area contributed by atoms with Crippen LogP contribution in [0.5, 0.6) is 5.75 Å². The molecule has 0 spiro atoms. The van der Waals surface area contributed by atoms with Gasteiger partial charge in [0.1, 0.15) is 5.75 Å². The van der Waals surface area contributed by atoms with Crippen molar-refractivity contribution in [3.63, 3.8) is 0 Å². The molecule has 0 bridgehead atoms. The average molecular weight is 320 g/mol. The van der Waals surface area contributed by atoms with E-state index in [1.165, 1.54) is 23.6 Å². The summed E-state index contributed by atoms with van der Waals surface area (Å²) >= 11 is 3.66. The number of benzene rings is 2. The third kappa shape index (κ3) is 2.63. The van der Waals surface area contributed by atoms with Gasteiger partial charge in [-0.05, 0) is 58.6 Å². The van der Waals surface area contributed by atoms with Crippen molar-refractivity contribution in [1.29, 1.82) is 0 Å². The van der Waals surface area contributed by atoms with Crippen LogP contribution in [0, 0.1) is 5.41 Å². The SMILES string of the molecule is NCCC1(COc2ccc3ccccc3c2Br)CC1. The third-order valence-electron chi connectivity index (χ3n) is 3.99. The number of nitrogens with two attached hydrogens (primary N) is 1. The normalized spacial score (nSPS) is 16.5. The van der Waals surface area contributed by atoms with Crippen LogP contribution in [0.3, 0.4) is 0 Å². The van der Waals surface area contributed by atoms with Gasteiger partial charge in [0.25, 0.3) is 0 Å². The monoisotopic (exact) mass is 319 g/mol. The van der Waals surface area contributed by atoms with Crippen molar-refractivity contribution < 1.29 is 4.74 Å². The zero-order valence-electron chi connectivity index (χ0n) is 10.9. The average Bonchev–Trinajstić information content (AvgIpc) is 3.19. The fourth-order valence-corrected chi connectivity index (χ4v) is 3.11. The van der Waals surface area contributed by atoms with Crippen LogP contribution in [0.1, 0.15) is 19.3 Å². The first kappa shape index (κ1) is 12.9. The molecule has 0 aromatic heterocycles. The molecule has 1 aliphatic rings. The molecule has 0 heterocycles. The number of hydrogen-bond acceptors (Lipinski definition) is 2. The fraction of sp³-hybridized carbons (Fsp3) is 0.375. The minimum Gasteiger partial charge on any atom is -0.492 e. The number of fused-ring (bicyclic) bond motifs is 1. The molecule has 2 aromatic carbocycles. The van der Waals surface area contributed by atoms with Crippen LogP contribution in [-0.2, 0) is 0 Å². The summed E-state index contributed by atoms with van der Waals surface area (Å²) in [7, 11) is 0. The Morgan fingerprint density at radius 2 is 1.95 bits per heavy atom. The van der Waals surface area contributed by atoms with Crippen LogP contribution in [-0.4, -0.2) is 13.2 Å². The highest BCUT2D eigenvalue weighted by molar-refractivity contribution is 9.10. The quantitative estimate of drug-likeness (QED) is 0.900. The maximum atomic E-state index is 6.02. The van der Waals surface area contributed by atoms with Gasteiger partial charge >= 0.3 is 0 Å². The van der Waals surface area contributed by atoms with Gasteiger partial charge in [-0.1, -0.05) is 30.3 Å². The molecule has 1 fully saturated rings. The predicted octanol–water partition coefficient (Wildman–Crippen LogP) is 4.11. The Labute approximate surface area is 122 Å². The standard InChI is InChI=1S/C16H18BrNO/c17-15-13-4-2-1-3-12(13)5-6-14(15)19-11-16(7-8-16)9-10-18/h1-6H,7-11,18H2. The smallest absolute Gasteiger partial charge is 0.134 e. The Bertz CT molecular complexity index is 592. The maximum Gasteiger partial charge on any atom is 0.134 e. The van der Waals surface area contributed by atoms with E-state index in [1.54, 1.807) is 0 Å². The van der Waals surface area contributed by atoms with Crippen molar-refractivity contribution in [3.8, 4) is 5.75 Å². The molecule has 0 amide bonds. The number of rotatable bonds is 5. The van der Waals surface area contributed by atoms with Crippen molar-refractivity contribution in [1.82, 2.24) is 0 Å². The van der Waals surface area contributed by atoms with Gasteiger partial charge in [0, 0.05) is 5.41 Å².